The number of fused-ring (bicyclic) bond motifs is 2. The number of anilines is 4. The van der Waals surface area contributed by atoms with E-state index in [2.05, 4.69) is 26.5 Å². The first kappa shape index (κ1) is 14.7. The highest BCUT2D eigenvalue weighted by atomic mass is 16.3. The van der Waals surface area contributed by atoms with Crippen LogP contribution in [0.15, 0.2) is 60.7 Å². The third-order valence-corrected chi connectivity index (χ3v) is 4.10. The molecule has 0 saturated heterocycles. The highest BCUT2D eigenvalue weighted by Crippen LogP contribution is 2.42. The molecule has 4 rings (SSSR count). The third kappa shape index (κ3) is 2.59. The Kier molecular flexibility index (Phi) is 3.84. The van der Waals surface area contributed by atoms with Gasteiger partial charge in [0.25, 0.3) is 0 Å². The number of aromatic nitrogens is 2. The number of nitrogens with one attached hydrogen (secondary N) is 1. The number of para-hydroxylation sites is 2. The molecule has 0 spiro atoms. The Labute approximate surface area is 140 Å². The van der Waals surface area contributed by atoms with Gasteiger partial charge < -0.3 is 15.3 Å². The fraction of sp³-hybridized carbons (Fsp3) is 0.158. The van der Waals surface area contributed by atoms with Crippen molar-refractivity contribution in [3.63, 3.8) is 0 Å². The van der Waals surface area contributed by atoms with E-state index >= 15 is 0 Å². The van der Waals surface area contributed by atoms with E-state index in [0.717, 1.165) is 34.1 Å². The Hall–Kier alpha value is -2.92. The molecular formula is C19H18N4O. The van der Waals surface area contributed by atoms with Crippen LogP contribution in [0.1, 0.15) is 6.42 Å². The molecular weight excluding hydrogens is 300 g/mol. The molecule has 2 aromatic carbocycles. The topological polar surface area (TPSA) is 61.3 Å². The SMILES string of the molecule is OCCCN1c2ccccc2Nc2cc(-c3ccccc3)nnc21. The quantitative estimate of drug-likeness (QED) is 0.767. The molecule has 5 nitrogen and oxygen atoms in total. The number of hydrogen-bond donors (Lipinski definition) is 2. The normalized spacial score (nSPS) is 12.3. The maximum absolute atomic E-state index is 9.21. The number of benzene rings is 2. The molecule has 0 fully saturated rings. The fourth-order valence-electron chi connectivity index (χ4n) is 2.96. The highest BCUT2D eigenvalue weighted by molar-refractivity contribution is 5.90. The van der Waals surface area contributed by atoms with Crippen LogP contribution >= 0.6 is 0 Å². The van der Waals surface area contributed by atoms with Gasteiger partial charge >= 0.3 is 0 Å². The summed E-state index contributed by atoms with van der Waals surface area (Å²) in [7, 11) is 0. The summed E-state index contributed by atoms with van der Waals surface area (Å²) in [6.45, 7) is 0.846. The molecule has 5 heteroatoms. The van der Waals surface area contributed by atoms with Crippen molar-refractivity contribution in [2.75, 3.05) is 23.4 Å². The zero-order valence-electron chi connectivity index (χ0n) is 13.2. The summed E-state index contributed by atoms with van der Waals surface area (Å²) in [5.74, 6) is 0.793. The van der Waals surface area contributed by atoms with Gasteiger partial charge in [-0.25, -0.2) is 0 Å². The monoisotopic (exact) mass is 318 g/mol. The summed E-state index contributed by atoms with van der Waals surface area (Å²) in [4.78, 5) is 2.11. The summed E-state index contributed by atoms with van der Waals surface area (Å²) < 4.78 is 0. The average molecular weight is 318 g/mol. The van der Waals surface area contributed by atoms with E-state index in [1.165, 1.54) is 0 Å². The second-order valence-corrected chi connectivity index (χ2v) is 5.70. The Morgan fingerprint density at radius 1 is 0.917 bits per heavy atom. The zero-order chi connectivity index (χ0) is 16.4. The van der Waals surface area contributed by atoms with Crippen LogP contribution in [-0.4, -0.2) is 28.5 Å². The van der Waals surface area contributed by atoms with Gasteiger partial charge in [0, 0.05) is 18.7 Å². The van der Waals surface area contributed by atoms with Crippen molar-refractivity contribution in [3.8, 4) is 11.3 Å². The van der Waals surface area contributed by atoms with Crippen LogP contribution in [0.4, 0.5) is 22.9 Å². The van der Waals surface area contributed by atoms with Crippen LogP contribution in [0.3, 0.4) is 0 Å². The number of nitrogens with zero attached hydrogens (tertiary/aromatic N) is 3. The van der Waals surface area contributed by atoms with Gasteiger partial charge in [-0.1, -0.05) is 42.5 Å². The van der Waals surface area contributed by atoms with Gasteiger partial charge in [0.2, 0.25) is 0 Å². The third-order valence-electron chi connectivity index (χ3n) is 4.10. The van der Waals surface area contributed by atoms with Gasteiger partial charge in [0.15, 0.2) is 5.82 Å². The first-order chi connectivity index (χ1) is 11.9. The number of hydrogen-bond acceptors (Lipinski definition) is 5. The van der Waals surface area contributed by atoms with Crippen molar-refractivity contribution in [2.24, 2.45) is 0 Å². The Morgan fingerprint density at radius 2 is 1.71 bits per heavy atom. The fourth-order valence-corrected chi connectivity index (χ4v) is 2.96. The molecule has 0 radical (unpaired) electrons. The Balaban J connectivity index is 1.77. The molecule has 24 heavy (non-hydrogen) atoms. The smallest absolute Gasteiger partial charge is 0.179 e. The lowest BCUT2D eigenvalue weighted by molar-refractivity contribution is 0.290. The van der Waals surface area contributed by atoms with E-state index in [4.69, 9.17) is 0 Å². The van der Waals surface area contributed by atoms with Crippen molar-refractivity contribution >= 4 is 22.9 Å². The first-order valence-electron chi connectivity index (χ1n) is 8.04. The summed E-state index contributed by atoms with van der Waals surface area (Å²) in [5.41, 5.74) is 4.90. The predicted octanol–water partition coefficient (Wildman–Crippen LogP) is 3.72. The van der Waals surface area contributed by atoms with Gasteiger partial charge in [0.05, 0.1) is 22.8 Å². The molecule has 0 aliphatic carbocycles. The number of aliphatic hydroxyl groups excluding tert-OH is 1. The number of aliphatic hydroxyl groups is 1. The summed E-state index contributed by atoms with van der Waals surface area (Å²) in [5, 5.41) is 21.5. The minimum atomic E-state index is 0.150. The minimum absolute atomic E-state index is 0.150. The summed E-state index contributed by atoms with van der Waals surface area (Å²) in [6, 6.07) is 20.2. The van der Waals surface area contributed by atoms with E-state index in [1.54, 1.807) is 0 Å². The molecule has 0 saturated carbocycles. The zero-order valence-corrected chi connectivity index (χ0v) is 13.2. The van der Waals surface area contributed by atoms with Crippen LogP contribution < -0.4 is 10.2 Å². The molecule has 0 bridgehead atoms. The van der Waals surface area contributed by atoms with Gasteiger partial charge in [-0.2, -0.15) is 0 Å². The summed E-state index contributed by atoms with van der Waals surface area (Å²) >= 11 is 0. The molecule has 2 N–H and O–H groups in total. The van der Waals surface area contributed by atoms with Gasteiger partial charge in [-0.3, -0.25) is 0 Å². The van der Waals surface area contributed by atoms with Gasteiger partial charge in [-0.05, 0) is 24.6 Å². The van der Waals surface area contributed by atoms with Crippen LogP contribution in [-0.2, 0) is 0 Å². The van der Waals surface area contributed by atoms with E-state index in [0.29, 0.717) is 13.0 Å². The van der Waals surface area contributed by atoms with Crippen molar-refractivity contribution in [1.29, 1.82) is 0 Å². The lowest BCUT2D eigenvalue weighted by Crippen LogP contribution is -2.25. The van der Waals surface area contributed by atoms with E-state index < -0.39 is 0 Å². The van der Waals surface area contributed by atoms with Crippen LogP contribution in [0.25, 0.3) is 11.3 Å². The van der Waals surface area contributed by atoms with Crippen molar-refractivity contribution in [1.82, 2.24) is 10.2 Å². The molecule has 3 aromatic rings. The highest BCUT2D eigenvalue weighted by Gasteiger charge is 2.24. The molecule has 120 valence electrons. The number of rotatable bonds is 4. The first-order valence-corrected chi connectivity index (χ1v) is 8.04. The van der Waals surface area contributed by atoms with Crippen LogP contribution in [0.5, 0.6) is 0 Å². The molecule has 0 amide bonds. The van der Waals surface area contributed by atoms with Gasteiger partial charge in [0.1, 0.15) is 0 Å². The Morgan fingerprint density at radius 3 is 2.54 bits per heavy atom. The average Bonchev–Trinajstić information content (AvgIpc) is 2.65. The van der Waals surface area contributed by atoms with E-state index in [1.807, 2.05) is 54.6 Å². The maximum Gasteiger partial charge on any atom is 0.179 e. The Bertz CT molecular complexity index is 851. The lowest BCUT2D eigenvalue weighted by Gasteiger charge is -2.32. The van der Waals surface area contributed by atoms with Crippen LogP contribution in [0.2, 0.25) is 0 Å². The molecule has 1 aliphatic heterocycles. The molecule has 1 aromatic heterocycles. The van der Waals surface area contributed by atoms with Crippen molar-refractivity contribution in [2.45, 2.75) is 6.42 Å². The van der Waals surface area contributed by atoms with Gasteiger partial charge in [-0.15, -0.1) is 10.2 Å². The predicted molar refractivity (Wildman–Crippen MR) is 95.9 cm³/mol. The maximum atomic E-state index is 9.21. The summed E-state index contributed by atoms with van der Waals surface area (Å²) in [6.07, 6.45) is 0.676. The standard InChI is InChI=1S/C19H18N4O/c24-12-6-11-23-18-10-5-4-9-15(18)20-17-13-16(21-22-19(17)23)14-7-2-1-3-8-14/h1-5,7-10,13,20,24H,6,11-12H2. The minimum Gasteiger partial charge on any atom is -0.396 e. The van der Waals surface area contributed by atoms with Crippen LogP contribution in [0, 0.1) is 0 Å². The largest absolute Gasteiger partial charge is 0.396 e. The van der Waals surface area contributed by atoms with Crippen molar-refractivity contribution < 1.29 is 5.11 Å². The lowest BCUT2D eigenvalue weighted by atomic mass is 10.1. The molecule has 1 aliphatic rings. The molecule has 2 heterocycles. The molecule has 0 unspecified atom stereocenters. The second kappa shape index (κ2) is 6.29. The van der Waals surface area contributed by atoms with E-state index in [-0.39, 0.29) is 6.61 Å². The second-order valence-electron chi connectivity index (χ2n) is 5.70. The molecule has 0 atom stereocenters. The van der Waals surface area contributed by atoms with E-state index in [9.17, 15) is 5.11 Å². The van der Waals surface area contributed by atoms with Crippen molar-refractivity contribution in [3.05, 3.63) is 60.7 Å².